The summed E-state index contributed by atoms with van der Waals surface area (Å²) in [6.07, 6.45) is 8.57. The molecule has 0 aromatic heterocycles. The number of hydrogen-bond donors (Lipinski definition) is 0. The maximum absolute atomic E-state index is 11.9. The molecule has 0 radical (unpaired) electrons. The number of allylic oxidation sites excluding steroid dienone is 4. The van der Waals surface area contributed by atoms with Gasteiger partial charge in [-0.2, -0.15) is 0 Å². The Balaban J connectivity index is 4.26. The number of carbonyl (C=O) groups excluding carboxylic acids is 1. The van der Waals surface area contributed by atoms with Crippen molar-refractivity contribution in [3.63, 3.8) is 0 Å². The normalized spacial score (nSPS) is 15.1. The molecule has 126 valence electrons. The maximum atomic E-state index is 11.9. The Hall–Kier alpha value is -1.22. The largest absolute Gasteiger partial charge is 0.486 e. The molecule has 0 spiro atoms. The van der Waals surface area contributed by atoms with Crippen LogP contribution in [0, 0.1) is 5.92 Å². The van der Waals surface area contributed by atoms with Crippen LogP contribution in [0.25, 0.3) is 0 Å². The lowest BCUT2D eigenvalue weighted by atomic mass is 10.0. The minimum atomic E-state index is -0.630. The van der Waals surface area contributed by atoms with Gasteiger partial charge in [-0.15, -0.1) is 0 Å². The van der Waals surface area contributed by atoms with Crippen LogP contribution in [0.15, 0.2) is 35.6 Å². The van der Waals surface area contributed by atoms with Crippen LogP contribution in [0.4, 0.5) is 0 Å². The maximum Gasteiger partial charge on any atom is 0.347 e. The van der Waals surface area contributed by atoms with Crippen molar-refractivity contribution < 1.29 is 14.3 Å². The molecule has 3 nitrogen and oxygen atoms in total. The highest BCUT2D eigenvalue weighted by atomic mass is 35.5. The molecule has 22 heavy (non-hydrogen) atoms. The molecular weight excluding hydrogens is 300 g/mol. The van der Waals surface area contributed by atoms with Gasteiger partial charge in [-0.05, 0) is 37.8 Å². The molecule has 0 saturated carbocycles. The molecule has 0 fully saturated rings. The summed E-state index contributed by atoms with van der Waals surface area (Å²) in [7, 11) is 0. The van der Waals surface area contributed by atoms with E-state index in [2.05, 4.69) is 20.4 Å². The SMILES string of the molecule is C=C/C(Cl)=C\C(C)=C\OC(C)C(=O)OCC(CC)CCCC. The van der Waals surface area contributed by atoms with E-state index < -0.39 is 6.10 Å². The zero-order valence-corrected chi connectivity index (χ0v) is 15.0. The van der Waals surface area contributed by atoms with Gasteiger partial charge < -0.3 is 9.47 Å². The molecule has 0 saturated heterocycles. The topological polar surface area (TPSA) is 35.5 Å². The van der Waals surface area contributed by atoms with E-state index >= 15 is 0 Å². The second-order valence-electron chi connectivity index (χ2n) is 5.42. The minimum absolute atomic E-state index is 0.335. The molecule has 0 rings (SSSR count). The van der Waals surface area contributed by atoms with E-state index in [1.807, 2.05) is 6.92 Å². The molecule has 0 heterocycles. The number of carbonyl (C=O) groups is 1. The first-order valence-electron chi connectivity index (χ1n) is 7.93. The second kappa shape index (κ2) is 12.3. The Kier molecular flexibility index (Phi) is 11.7. The van der Waals surface area contributed by atoms with Gasteiger partial charge in [-0.25, -0.2) is 4.79 Å². The van der Waals surface area contributed by atoms with Gasteiger partial charge in [0.2, 0.25) is 0 Å². The number of unbranched alkanes of at least 4 members (excludes halogenated alkanes) is 1. The molecule has 0 aromatic rings. The van der Waals surface area contributed by atoms with Gasteiger partial charge in [0.25, 0.3) is 0 Å². The van der Waals surface area contributed by atoms with Crippen LogP contribution in [0.3, 0.4) is 0 Å². The van der Waals surface area contributed by atoms with Crippen LogP contribution in [-0.4, -0.2) is 18.7 Å². The third-order valence-corrected chi connectivity index (χ3v) is 3.62. The first kappa shape index (κ1) is 20.8. The predicted octanol–water partition coefficient (Wildman–Crippen LogP) is 5.36. The van der Waals surface area contributed by atoms with Crippen molar-refractivity contribution >= 4 is 17.6 Å². The van der Waals surface area contributed by atoms with E-state index in [1.165, 1.54) is 18.8 Å². The van der Waals surface area contributed by atoms with Gasteiger partial charge in [-0.1, -0.05) is 57.4 Å². The van der Waals surface area contributed by atoms with Crippen LogP contribution in [0.5, 0.6) is 0 Å². The monoisotopic (exact) mass is 328 g/mol. The van der Waals surface area contributed by atoms with E-state index in [0.29, 0.717) is 17.6 Å². The van der Waals surface area contributed by atoms with Gasteiger partial charge >= 0.3 is 5.97 Å². The molecule has 0 aliphatic heterocycles. The standard InChI is InChI=1S/C18H29ClO3/c1-6-9-10-16(7-2)13-22-18(20)15(5)21-12-14(4)11-17(19)8-3/h8,11-12,15-16H,3,6-7,9-10,13H2,1-2,4-5H3/b14-12+,17-11+. The lowest BCUT2D eigenvalue weighted by Crippen LogP contribution is -2.24. The van der Waals surface area contributed by atoms with E-state index in [1.54, 1.807) is 13.0 Å². The highest BCUT2D eigenvalue weighted by Crippen LogP contribution is 2.14. The van der Waals surface area contributed by atoms with Gasteiger partial charge in [0.1, 0.15) is 0 Å². The molecule has 4 heteroatoms. The van der Waals surface area contributed by atoms with Gasteiger partial charge in [0.05, 0.1) is 12.9 Å². The van der Waals surface area contributed by atoms with Crippen LogP contribution in [0.1, 0.15) is 53.4 Å². The fourth-order valence-electron chi connectivity index (χ4n) is 1.79. The average molecular weight is 329 g/mol. The van der Waals surface area contributed by atoms with Crippen molar-refractivity contribution in [1.82, 2.24) is 0 Å². The Morgan fingerprint density at radius 1 is 1.36 bits per heavy atom. The highest BCUT2D eigenvalue weighted by Gasteiger charge is 2.16. The van der Waals surface area contributed by atoms with E-state index in [9.17, 15) is 4.79 Å². The summed E-state index contributed by atoms with van der Waals surface area (Å²) in [5.74, 6) is 0.0977. The molecule has 0 bridgehead atoms. The first-order valence-corrected chi connectivity index (χ1v) is 8.30. The second-order valence-corrected chi connectivity index (χ2v) is 5.86. The summed E-state index contributed by atoms with van der Waals surface area (Å²) in [6, 6.07) is 0. The molecule has 0 N–H and O–H groups in total. The fourth-order valence-corrected chi connectivity index (χ4v) is 1.96. The highest BCUT2D eigenvalue weighted by molar-refractivity contribution is 6.31. The molecule has 0 aliphatic rings. The van der Waals surface area contributed by atoms with Crippen LogP contribution in [0.2, 0.25) is 0 Å². The average Bonchev–Trinajstić information content (AvgIpc) is 2.52. The zero-order chi connectivity index (χ0) is 17.0. The van der Waals surface area contributed by atoms with Crippen molar-refractivity contribution in [2.75, 3.05) is 6.61 Å². The predicted molar refractivity (Wildman–Crippen MR) is 92.7 cm³/mol. The molecule has 2 atom stereocenters. The fraction of sp³-hybridized carbons (Fsp3) is 0.611. The van der Waals surface area contributed by atoms with Crippen LogP contribution < -0.4 is 0 Å². The lowest BCUT2D eigenvalue weighted by molar-refractivity contribution is -0.154. The van der Waals surface area contributed by atoms with E-state index in [-0.39, 0.29) is 5.97 Å². The number of halogens is 1. The smallest absolute Gasteiger partial charge is 0.347 e. The van der Waals surface area contributed by atoms with Gasteiger partial charge in [0.15, 0.2) is 6.10 Å². The van der Waals surface area contributed by atoms with E-state index in [0.717, 1.165) is 24.8 Å². The molecule has 0 amide bonds. The molecule has 0 aromatic carbocycles. The number of esters is 1. The quantitative estimate of drug-likeness (QED) is 0.291. The summed E-state index contributed by atoms with van der Waals surface area (Å²) in [5, 5.41) is 0.522. The summed E-state index contributed by atoms with van der Waals surface area (Å²) in [4.78, 5) is 11.9. The third kappa shape index (κ3) is 9.67. The first-order chi connectivity index (χ1) is 10.4. The molecule has 2 unspecified atom stereocenters. The van der Waals surface area contributed by atoms with Crippen LogP contribution in [-0.2, 0) is 14.3 Å². The van der Waals surface area contributed by atoms with Crippen LogP contribution >= 0.6 is 11.6 Å². The van der Waals surface area contributed by atoms with Crippen molar-refractivity contribution in [2.24, 2.45) is 5.92 Å². The summed E-state index contributed by atoms with van der Waals surface area (Å²) < 4.78 is 10.7. The summed E-state index contributed by atoms with van der Waals surface area (Å²) in [6.45, 7) is 11.8. The van der Waals surface area contributed by atoms with Crippen molar-refractivity contribution in [2.45, 2.75) is 59.5 Å². The number of rotatable bonds is 11. The lowest BCUT2D eigenvalue weighted by Gasteiger charge is -2.17. The Labute approximate surface area is 140 Å². The Morgan fingerprint density at radius 2 is 2.05 bits per heavy atom. The third-order valence-electron chi connectivity index (χ3n) is 3.36. The van der Waals surface area contributed by atoms with E-state index in [4.69, 9.17) is 21.1 Å². The van der Waals surface area contributed by atoms with Crippen molar-refractivity contribution in [3.05, 3.63) is 35.6 Å². The van der Waals surface area contributed by atoms with Crippen molar-refractivity contribution in [1.29, 1.82) is 0 Å². The summed E-state index contributed by atoms with van der Waals surface area (Å²) in [5.41, 5.74) is 0.805. The van der Waals surface area contributed by atoms with Gasteiger partial charge in [-0.3, -0.25) is 0 Å². The van der Waals surface area contributed by atoms with Crippen molar-refractivity contribution in [3.8, 4) is 0 Å². The number of hydrogen-bond acceptors (Lipinski definition) is 3. The molecule has 0 aliphatic carbocycles. The Bertz CT molecular complexity index is 399. The Morgan fingerprint density at radius 3 is 2.59 bits per heavy atom. The summed E-state index contributed by atoms with van der Waals surface area (Å²) >= 11 is 5.84. The van der Waals surface area contributed by atoms with Gasteiger partial charge in [0, 0.05) is 5.03 Å². The number of ether oxygens (including phenoxy) is 2. The zero-order valence-electron chi connectivity index (χ0n) is 14.2. The molecular formula is C18H29ClO3. The minimum Gasteiger partial charge on any atom is -0.486 e.